The van der Waals surface area contributed by atoms with Crippen LogP contribution in [0, 0.1) is 20.8 Å². The first-order chi connectivity index (χ1) is 12.9. The number of rotatable bonds is 5. The van der Waals surface area contributed by atoms with Crippen LogP contribution in [0.4, 0.5) is 11.6 Å². The maximum Gasteiger partial charge on any atom is 0.233 e. The molecule has 1 aliphatic rings. The summed E-state index contributed by atoms with van der Waals surface area (Å²) in [5.41, 5.74) is 4.85. The Hall–Kier alpha value is -2.54. The van der Waals surface area contributed by atoms with Crippen molar-refractivity contribution < 1.29 is 4.79 Å². The second-order valence-electron chi connectivity index (χ2n) is 7.27. The zero-order valence-electron chi connectivity index (χ0n) is 16.5. The van der Waals surface area contributed by atoms with E-state index in [1.54, 1.807) is 7.05 Å². The lowest BCUT2D eigenvalue weighted by Crippen LogP contribution is -2.41. The molecule has 2 N–H and O–H groups in total. The summed E-state index contributed by atoms with van der Waals surface area (Å²) >= 11 is 0. The van der Waals surface area contributed by atoms with Crippen LogP contribution in [0.5, 0.6) is 0 Å². The average Bonchev–Trinajstić information content (AvgIpc) is 2.60. The molecule has 0 bridgehead atoms. The number of carbonyl (C=O) groups excluding carboxylic acids is 1. The maximum absolute atomic E-state index is 11.7. The van der Waals surface area contributed by atoms with Crippen molar-refractivity contribution in [2.24, 2.45) is 0 Å². The van der Waals surface area contributed by atoms with Gasteiger partial charge in [-0.3, -0.25) is 14.7 Å². The van der Waals surface area contributed by atoms with Crippen LogP contribution in [0.15, 0.2) is 18.2 Å². The van der Waals surface area contributed by atoms with Crippen molar-refractivity contribution >= 4 is 17.5 Å². The number of likely N-dealkylation sites (tertiary alicyclic amines) is 1. The van der Waals surface area contributed by atoms with Crippen molar-refractivity contribution in [2.75, 3.05) is 32.0 Å². The third-order valence-electron chi connectivity index (χ3n) is 4.78. The number of nitrogens with one attached hydrogen (secondary N) is 2. The average molecular weight is 368 g/mol. The van der Waals surface area contributed by atoms with Gasteiger partial charge in [0.1, 0.15) is 0 Å². The van der Waals surface area contributed by atoms with E-state index < -0.39 is 0 Å². The maximum atomic E-state index is 11.7. The molecule has 0 saturated carbocycles. The molecule has 7 nitrogen and oxygen atoms in total. The highest BCUT2D eigenvalue weighted by molar-refractivity contribution is 5.77. The van der Waals surface area contributed by atoms with E-state index in [0.29, 0.717) is 18.4 Å². The molecule has 1 amide bonds. The molecule has 0 radical (unpaired) electrons. The first-order valence-corrected chi connectivity index (χ1v) is 9.44. The number of carbonyl (C=O) groups is 1. The zero-order chi connectivity index (χ0) is 19.4. The second kappa shape index (κ2) is 8.43. The molecular weight excluding hydrogens is 340 g/mol. The topological polar surface area (TPSA) is 83.0 Å². The fourth-order valence-electron chi connectivity index (χ4n) is 3.61. The molecule has 1 fully saturated rings. The predicted octanol–water partition coefficient (Wildman–Crippen LogP) is 2.47. The third-order valence-corrected chi connectivity index (χ3v) is 4.78. The van der Waals surface area contributed by atoms with Gasteiger partial charge >= 0.3 is 0 Å². The van der Waals surface area contributed by atoms with E-state index in [0.717, 1.165) is 54.4 Å². The van der Waals surface area contributed by atoms with Crippen molar-refractivity contribution in [1.82, 2.24) is 25.2 Å². The Kier molecular flexibility index (Phi) is 6.01. The Labute approximate surface area is 160 Å². The van der Waals surface area contributed by atoms with Gasteiger partial charge in [0.25, 0.3) is 0 Å². The van der Waals surface area contributed by atoms with Crippen LogP contribution >= 0.6 is 0 Å². The van der Waals surface area contributed by atoms with E-state index in [4.69, 9.17) is 4.98 Å². The van der Waals surface area contributed by atoms with Crippen LogP contribution in [0.25, 0.3) is 0 Å². The number of likely N-dealkylation sites (N-methyl/N-ethyl adjacent to an activating group) is 1. The van der Waals surface area contributed by atoms with E-state index in [9.17, 15) is 4.79 Å². The van der Waals surface area contributed by atoms with Gasteiger partial charge in [-0.05, 0) is 58.4 Å². The van der Waals surface area contributed by atoms with Crippen molar-refractivity contribution in [2.45, 2.75) is 39.5 Å². The van der Waals surface area contributed by atoms with Crippen molar-refractivity contribution in [1.29, 1.82) is 0 Å². The molecule has 7 heteroatoms. The van der Waals surface area contributed by atoms with Gasteiger partial charge in [0.2, 0.25) is 11.9 Å². The fourth-order valence-corrected chi connectivity index (χ4v) is 3.61. The summed E-state index contributed by atoms with van der Waals surface area (Å²) in [5, 5.41) is 6.02. The molecule has 1 unspecified atom stereocenters. The summed E-state index contributed by atoms with van der Waals surface area (Å²) in [6.07, 6.45) is 2.15. The lowest BCUT2D eigenvalue weighted by atomic mass is 9.93. The highest BCUT2D eigenvalue weighted by atomic mass is 16.1. The number of hydrogen-bond acceptors (Lipinski definition) is 6. The number of aryl methyl sites for hydroxylation is 3. The number of hydrogen-bond donors (Lipinski definition) is 2. The minimum Gasteiger partial charge on any atom is -0.358 e. The van der Waals surface area contributed by atoms with Crippen LogP contribution < -0.4 is 10.6 Å². The molecule has 2 aromatic heterocycles. The Morgan fingerprint density at radius 1 is 1.11 bits per heavy atom. The van der Waals surface area contributed by atoms with Crippen LogP contribution in [0.1, 0.15) is 41.5 Å². The summed E-state index contributed by atoms with van der Waals surface area (Å²) < 4.78 is 0. The molecule has 3 rings (SSSR count). The van der Waals surface area contributed by atoms with Gasteiger partial charge in [0.05, 0.1) is 6.54 Å². The molecule has 0 spiro atoms. The van der Waals surface area contributed by atoms with E-state index in [1.807, 2.05) is 32.9 Å². The molecule has 0 aliphatic carbocycles. The Balaban J connectivity index is 1.77. The van der Waals surface area contributed by atoms with Gasteiger partial charge in [-0.1, -0.05) is 0 Å². The lowest BCUT2D eigenvalue weighted by Gasteiger charge is -2.32. The quantitative estimate of drug-likeness (QED) is 0.844. The Morgan fingerprint density at radius 2 is 1.81 bits per heavy atom. The van der Waals surface area contributed by atoms with Crippen LogP contribution in [0.3, 0.4) is 0 Å². The SMILES string of the molecule is CNC(=O)CN1CCCC(c2cc(Nc3nc(C)cc(C)n3)cc(C)n2)C1. The number of amides is 1. The molecular formula is C20H28N6O. The summed E-state index contributed by atoms with van der Waals surface area (Å²) in [7, 11) is 1.68. The monoisotopic (exact) mass is 368 g/mol. The largest absolute Gasteiger partial charge is 0.358 e. The molecule has 0 aromatic carbocycles. The van der Waals surface area contributed by atoms with Gasteiger partial charge in [0.15, 0.2) is 0 Å². The normalized spacial score (nSPS) is 17.6. The van der Waals surface area contributed by atoms with Crippen LogP contribution in [-0.4, -0.2) is 52.4 Å². The lowest BCUT2D eigenvalue weighted by molar-refractivity contribution is -0.122. The van der Waals surface area contributed by atoms with Gasteiger partial charge < -0.3 is 10.6 Å². The number of aromatic nitrogens is 3. The van der Waals surface area contributed by atoms with E-state index >= 15 is 0 Å². The standard InChI is InChI=1S/C20H28N6O/c1-13-8-14(2)24-20(23-13)25-17-9-15(3)22-18(10-17)16-6-5-7-26(11-16)12-19(27)21-4/h8-10,16H,5-7,11-12H2,1-4H3,(H,21,27)(H,22,23,24,25). The van der Waals surface area contributed by atoms with Gasteiger partial charge in [-0.15, -0.1) is 0 Å². The van der Waals surface area contributed by atoms with Crippen molar-refractivity contribution in [3.8, 4) is 0 Å². The number of nitrogens with zero attached hydrogens (tertiary/aromatic N) is 4. The van der Waals surface area contributed by atoms with Crippen molar-refractivity contribution in [3.05, 3.63) is 41.0 Å². The summed E-state index contributed by atoms with van der Waals surface area (Å²) in [6.45, 7) is 8.18. The number of piperidine rings is 1. The third kappa shape index (κ3) is 5.23. The molecule has 1 aliphatic heterocycles. The number of pyridine rings is 1. The van der Waals surface area contributed by atoms with E-state index in [1.165, 1.54) is 0 Å². The predicted molar refractivity (Wildman–Crippen MR) is 106 cm³/mol. The first-order valence-electron chi connectivity index (χ1n) is 9.44. The minimum absolute atomic E-state index is 0.0576. The smallest absolute Gasteiger partial charge is 0.233 e. The highest BCUT2D eigenvalue weighted by Crippen LogP contribution is 2.28. The van der Waals surface area contributed by atoms with Crippen LogP contribution in [0.2, 0.25) is 0 Å². The van der Waals surface area contributed by atoms with Gasteiger partial charge in [0, 0.05) is 48.0 Å². The number of anilines is 2. The molecule has 1 atom stereocenters. The van der Waals surface area contributed by atoms with Gasteiger partial charge in [-0.25, -0.2) is 9.97 Å². The van der Waals surface area contributed by atoms with E-state index in [2.05, 4.69) is 31.6 Å². The molecule has 27 heavy (non-hydrogen) atoms. The Morgan fingerprint density at radius 3 is 2.52 bits per heavy atom. The summed E-state index contributed by atoms with van der Waals surface area (Å²) in [5.74, 6) is 0.986. The molecule has 3 heterocycles. The highest BCUT2D eigenvalue weighted by Gasteiger charge is 2.24. The summed E-state index contributed by atoms with van der Waals surface area (Å²) in [6, 6.07) is 6.05. The molecule has 2 aromatic rings. The minimum atomic E-state index is 0.0576. The second-order valence-corrected chi connectivity index (χ2v) is 7.27. The first kappa shape index (κ1) is 19.2. The summed E-state index contributed by atoms with van der Waals surface area (Å²) in [4.78, 5) is 27.6. The fraction of sp³-hybridized carbons (Fsp3) is 0.500. The van der Waals surface area contributed by atoms with E-state index in [-0.39, 0.29) is 5.91 Å². The van der Waals surface area contributed by atoms with Crippen molar-refractivity contribution in [3.63, 3.8) is 0 Å². The zero-order valence-corrected chi connectivity index (χ0v) is 16.5. The van der Waals surface area contributed by atoms with Crippen LogP contribution in [-0.2, 0) is 4.79 Å². The molecule has 144 valence electrons. The Bertz CT molecular complexity index is 802. The molecule has 1 saturated heterocycles. The van der Waals surface area contributed by atoms with Gasteiger partial charge in [-0.2, -0.15) is 0 Å².